The molecule has 6 heteroatoms. The van der Waals surface area contributed by atoms with Crippen LogP contribution >= 0.6 is 0 Å². The number of aliphatic hydroxyl groups is 1. The number of benzene rings is 2. The highest BCUT2D eigenvalue weighted by Gasteiger charge is 2.23. The third-order valence-corrected chi connectivity index (χ3v) is 4.51. The highest BCUT2D eigenvalue weighted by Crippen LogP contribution is 2.19. The van der Waals surface area contributed by atoms with Gasteiger partial charge in [-0.15, -0.1) is 0 Å². The summed E-state index contributed by atoms with van der Waals surface area (Å²) in [5.74, 6) is 0. The van der Waals surface area contributed by atoms with E-state index in [1.165, 1.54) is 12.1 Å². The van der Waals surface area contributed by atoms with E-state index in [1.807, 2.05) is 6.07 Å². The average Bonchev–Trinajstić information content (AvgIpc) is 2.53. The van der Waals surface area contributed by atoms with Crippen LogP contribution in [0, 0.1) is 11.3 Å². The lowest BCUT2D eigenvalue weighted by molar-refractivity contribution is 0.259. The van der Waals surface area contributed by atoms with E-state index < -0.39 is 16.1 Å². The summed E-state index contributed by atoms with van der Waals surface area (Å²) < 4.78 is 27.2. The fourth-order valence-corrected chi connectivity index (χ4v) is 3.31. The Morgan fingerprint density at radius 1 is 1.10 bits per heavy atom. The van der Waals surface area contributed by atoms with E-state index in [0.29, 0.717) is 5.56 Å². The van der Waals surface area contributed by atoms with Crippen LogP contribution in [0.1, 0.15) is 17.2 Å². The van der Waals surface area contributed by atoms with Crippen LogP contribution in [0.4, 0.5) is 0 Å². The molecule has 0 aromatic heterocycles. The molecular weight excluding hydrogens is 288 g/mol. The molecule has 2 aromatic rings. The van der Waals surface area contributed by atoms with Crippen molar-refractivity contribution >= 4 is 10.0 Å². The molecule has 0 aliphatic heterocycles. The van der Waals surface area contributed by atoms with Gasteiger partial charge < -0.3 is 5.11 Å². The molecule has 21 heavy (non-hydrogen) atoms. The quantitative estimate of drug-likeness (QED) is 0.877. The maximum Gasteiger partial charge on any atom is 0.242 e. The van der Waals surface area contributed by atoms with Gasteiger partial charge in [0.2, 0.25) is 10.0 Å². The van der Waals surface area contributed by atoms with Gasteiger partial charge in [-0.05, 0) is 17.7 Å². The molecule has 2 rings (SSSR count). The second kappa shape index (κ2) is 6.50. The van der Waals surface area contributed by atoms with E-state index in [9.17, 15) is 13.5 Å². The molecule has 0 aliphatic rings. The molecule has 2 N–H and O–H groups in total. The summed E-state index contributed by atoms with van der Waals surface area (Å²) in [7, 11) is -3.90. The molecule has 0 fully saturated rings. The molecule has 0 unspecified atom stereocenters. The molecule has 0 saturated heterocycles. The topological polar surface area (TPSA) is 90.2 Å². The largest absolute Gasteiger partial charge is 0.394 e. The Labute approximate surface area is 123 Å². The molecule has 0 heterocycles. The van der Waals surface area contributed by atoms with Gasteiger partial charge in [-0.3, -0.25) is 0 Å². The van der Waals surface area contributed by atoms with Gasteiger partial charge in [0.1, 0.15) is 6.07 Å². The number of nitrogens with zero attached hydrogens (tertiary/aromatic N) is 1. The lowest BCUT2D eigenvalue weighted by Crippen LogP contribution is -2.31. The molecule has 0 aliphatic carbocycles. The van der Waals surface area contributed by atoms with Crippen LogP contribution in [-0.4, -0.2) is 20.1 Å². The van der Waals surface area contributed by atoms with Crippen molar-refractivity contribution in [3.05, 3.63) is 65.7 Å². The molecule has 0 radical (unpaired) electrons. The van der Waals surface area contributed by atoms with E-state index in [0.717, 1.165) is 0 Å². The molecule has 2 aromatic carbocycles. The van der Waals surface area contributed by atoms with Crippen molar-refractivity contribution in [3.8, 4) is 6.07 Å². The first-order valence-corrected chi connectivity index (χ1v) is 7.74. The monoisotopic (exact) mass is 302 g/mol. The smallest absolute Gasteiger partial charge is 0.242 e. The standard InChI is InChI=1S/C15H14N2O3S/c16-10-13-8-4-5-9-15(13)21(19,20)17-14(11-18)12-6-2-1-3-7-12/h1-9,14,17-18H,11H2/t14-/m0/s1. The maximum atomic E-state index is 12.4. The van der Waals surface area contributed by atoms with E-state index in [-0.39, 0.29) is 17.1 Å². The van der Waals surface area contributed by atoms with Gasteiger partial charge in [0.25, 0.3) is 0 Å². The molecule has 0 bridgehead atoms. The minimum atomic E-state index is -3.90. The van der Waals surface area contributed by atoms with Crippen molar-refractivity contribution < 1.29 is 13.5 Å². The Bertz CT molecular complexity index is 752. The molecule has 5 nitrogen and oxygen atoms in total. The SMILES string of the molecule is N#Cc1ccccc1S(=O)(=O)N[C@@H](CO)c1ccccc1. The number of rotatable bonds is 5. The van der Waals surface area contributed by atoms with Crippen LogP contribution in [0.25, 0.3) is 0 Å². The zero-order valence-corrected chi connectivity index (χ0v) is 11.9. The molecule has 0 spiro atoms. The van der Waals surface area contributed by atoms with Crippen LogP contribution in [0.3, 0.4) is 0 Å². The zero-order chi connectivity index (χ0) is 15.3. The number of hydrogen-bond donors (Lipinski definition) is 2. The van der Waals surface area contributed by atoms with Crippen LogP contribution < -0.4 is 4.72 Å². The highest BCUT2D eigenvalue weighted by molar-refractivity contribution is 7.89. The number of nitriles is 1. The van der Waals surface area contributed by atoms with Crippen molar-refractivity contribution in [1.82, 2.24) is 4.72 Å². The lowest BCUT2D eigenvalue weighted by atomic mass is 10.1. The maximum absolute atomic E-state index is 12.4. The van der Waals surface area contributed by atoms with E-state index >= 15 is 0 Å². The second-order valence-corrected chi connectivity index (χ2v) is 6.06. The summed E-state index contributed by atoms with van der Waals surface area (Å²) in [4.78, 5) is -0.0955. The predicted octanol–water partition coefficient (Wildman–Crippen LogP) is 1.57. The molecule has 108 valence electrons. The van der Waals surface area contributed by atoms with E-state index in [1.54, 1.807) is 42.5 Å². The van der Waals surface area contributed by atoms with Crippen molar-refractivity contribution in [2.45, 2.75) is 10.9 Å². The fraction of sp³-hybridized carbons (Fsp3) is 0.133. The summed E-state index contributed by atoms with van der Waals surface area (Å²) in [5.41, 5.74) is 0.716. The van der Waals surface area contributed by atoms with E-state index in [2.05, 4.69) is 4.72 Å². The first-order valence-electron chi connectivity index (χ1n) is 6.26. The van der Waals surface area contributed by atoms with E-state index in [4.69, 9.17) is 5.26 Å². The summed E-state index contributed by atoms with van der Waals surface area (Å²) in [6.45, 7) is -0.377. The van der Waals surface area contributed by atoms with Crippen molar-refractivity contribution in [3.63, 3.8) is 0 Å². The third-order valence-electron chi connectivity index (χ3n) is 2.98. The van der Waals surface area contributed by atoms with Gasteiger partial charge >= 0.3 is 0 Å². The molecular formula is C15H14N2O3S. The third kappa shape index (κ3) is 3.47. The van der Waals surface area contributed by atoms with Crippen molar-refractivity contribution in [1.29, 1.82) is 5.26 Å². The zero-order valence-electron chi connectivity index (χ0n) is 11.1. The lowest BCUT2D eigenvalue weighted by Gasteiger charge is -2.17. The van der Waals surface area contributed by atoms with Crippen LogP contribution in [0.15, 0.2) is 59.5 Å². The minimum Gasteiger partial charge on any atom is -0.394 e. The summed E-state index contributed by atoms with van der Waals surface area (Å²) >= 11 is 0. The van der Waals surface area contributed by atoms with Gasteiger partial charge in [0, 0.05) is 0 Å². The van der Waals surface area contributed by atoms with Gasteiger partial charge in [0.05, 0.1) is 23.1 Å². The minimum absolute atomic E-state index is 0.0646. The average molecular weight is 302 g/mol. The van der Waals surface area contributed by atoms with Crippen molar-refractivity contribution in [2.75, 3.05) is 6.61 Å². The van der Waals surface area contributed by atoms with Crippen LogP contribution in [0.5, 0.6) is 0 Å². The van der Waals surface area contributed by atoms with Crippen LogP contribution in [-0.2, 0) is 10.0 Å². The Hall–Kier alpha value is -2.20. The Morgan fingerprint density at radius 2 is 1.71 bits per heavy atom. The molecule has 0 saturated carbocycles. The Morgan fingerprint density at radius 3 is 2.33 bits per heavy atom. The molecule has 0 amide bonds. The predicted molar refractivity (Wildman–Crippen MR) is 77.7 cm³/mol. The number of nitrogens with one attached hydrogen (secondary N) is 1. The van der Waals surface area contributed by atoms with Gasteiger partial charge in [-0.1, -0.05) is 42.5 Å². The van der Waals surface area contributed by atoms with Gasteiger partial charge in [0.15, 0.2) is 0 Å². The highest BCUT2D eigenvalue weighted by atomic mass is 32.2. The summed E-state index contributed by atoms with van der Waals surface area (Å²) in [6, 6.07) is 15.8. The summed E-state index contributed by atoms with van der Waals surface area (Å²) in [5, 5.41) is 18.4. The number of aliphatic hydroxyl groups excluding tert-OH is 1. The summed E-state index contributed by atoms with van der Waals surface area (Å²) in [6.07, 6.45) is 0. The van der Waals surface area contributed by atoms with Gasteiger partial charge in [-0.25, -0.2) is 13.1 Å². The Kier molecular flexibility index (Phi) is 4.70. The first-order chi connectivity index (χ1) is 10.1. The fourth-order valence-electron chi connectivity index (χ4n) is 1.94. The van der Waals surface area contributed by atoms with Gasteiger partial charge in [-0.2, -0.15) is 5.26 Å². The first kappa shape index (κ1) is 15.2. The normalized spacial score (nSPS) is 12.6. The molecule has 1 atom stereocenters. The van der Waals surface area contributed by atoms with Crippen molar-refractivity contribution in [2.24, 2.45) is 0 Å². The Balaban J connectivity index is 2.35. The van der Waals surface area contributed by atoms with Crippen LogP contribution in [0.2, 0.25) is 0 Å². The number of hydrogen-bond acceptors (Lipinski definition) is 4. The second-order valence-electron chi connectivity index (χ2n) is 4.38. The number of sulfonamides is 1.